The number of amides is 1. The quantitative estimate of drug-likeness (QED) is 0.531. The largest absolute Gasteiger partial charge is 0.358 e. The van der Waals surface area contributed by atoms with Crippen LogP contribution < -0.4 is 5.32 Å². The molecule has 50 valence electrons. The minimum Gasteiger partial charge on any atom is -0.358 e. The van der Waals surface area contributed by atoms with Crippen LogP contribution in [0.1, 0.15) is 13.3 Å². The summed E-state index contributed by atoms with van der Waals surface area (Å²) in [4.78, 5) is 10.7. The first-order valence-corrected chi connectivity index (χ1v) is 2.94. The average Bonchev–Trinajstić information content (AvgIpc) is 1.90. The van der Waals surface area contributed by atoms with E-state index >= 15 is 0 Å². The lowest BCUT2D eigenvalue weighted by atomic mass is 10.1. The Hall–Kier alpha value is -0.970. The van der Waals surface area contributed by atoms with Crippen LogP contribution in [0.2, 0.25) is 0 Å². The Bertz CT molecular complexity index is 134. The third-order valence-corrected chi connectivity index (χ3v) is 1.17. The summed E-state index contributed by atoms with van der Waals surface area (Å²) >= 11 is 0. The van der Waals surface area contributed by atoms with Crippen LogP contribution in [-0.4, -0.2) is 13.0 Å². The minimum absolute atomic E-state index is 0.0694. The summed E-state index contributed by atoms with van der Waals surface area (Å²) in [5, 5.41) is 2.49. The molecule has 0 aromatic carbocycles. The Morgan fingerprint density at radius 1 is 1.89 bits per heavy atom. The second-order valence-electron chi connectivity index (χ2n) is 1.74. The highest BCUT2D eigenvalue weighted by Crippen LogP contribution is 1.98. The van der Waals surface area contributed by atoms with Gasteiger partial charge in [0.1, 0.15) is 0 Å². The van der Waals surface area contributed by atoms with Crippen LogP contribution >= 0.6 is 0 Å². The van der Waals surface area contributed by atoms with E-state index in [-0.39, 0.29) is 11.8 Å². The second-order valence-corrected chi connectivity index (χ2v) is 1.74. The van der Waals surface area contributed by atoms with Gasteiger partial charge in [0, 0.05) is 7.05 Å². The maximum absolute atomic E-state index is 10.7. The Morgan fingerprint density at radius 2 is 2.44 bits per heavy atom. The van der Waals surface area contributed by atoms with E-state index in [1.165, 1.54) is 0 Å². The number of carbonyl (C=O) groups is 1. The molecule has 1 atom stereocenters. The molecule has 0 radical (unpaired) electrons. The average molecular weight is 125 g/mol. The predicted octanol–water partition coefficient (Wildman–Crippen LogP) is 0.392. The molecule has 0 heterocycles. The van der Waals surface area contributed by atoms with E-state index in [1.54, 1.807) is 7.05 Å². The number of rotatable bonds is 2. The first-order chi connectivity index (χ1) is 4.26. The topological polar surface area (TPSA) is 29.1 Å². The summed E-state index contributed by atoms with van der Waals surface area (Å²) in [6.45, 7) is 1.89. The van der Waals surface area contributed by atoms with Gasteiger partial charge in [0.2, 0.25) is 5.91 Å². The highest BCUT2D eigenvalue weighted by atomic mass is 16.1. The summed E-state index contributed by atoms with van der Waals surface area (Å²) in [6, 6.07) is 0. The van der Waals surface area contributed by atoms with E-state index in [0.717, 1.165) is 0 Å². The van der Waals surface area contributed by atoms with E-state index in [4.69, 9.17) is 6.42 Å². The normalized spacial score (nSPS) is 11.7. The zero-order chi connectivity index (χ0) is 7.28. The number of carbonyl (C=O) groups excluding carboxylic acids is 1. The SMILES string of the molecule is C#C[C@H](CC)C(=O)NC. The highest BCUT2D eigenvalue weighted by molar-refractivity contribution is 5.80. The first kappa shape index (κ1) is 8.03. The van der Waals surface area contributed by atoms with Crippen LogP contribution in [0.5, 0.6) is 0 Å². The minimum atomic E-state index is -0.255. The molecule has 1 amide bonds. The van der Waals surface area contributed by atoms with Gasteiger partial charge in [-0.1, -0.05) is 12.8 Å². The van der Waals surface area contributed by atoms with Crippen molar-refractivity contribution >= 4 is 5.91 Å². The number of hydrogen-bond acceptors (Lipinski definition) is 1. The van der Waals surface area contributed by atoms with Crippen molar-refractivity contribution in [2.45, 2.75) is 13.3 Å². The van der Waals surface area contributed by atoms with Gasteiger partial charge < -0.3 is 5.32 Å². The maximum Gasteiger partial charge on any atom is 0.234 e. The lowest BCUT2D eigenvalue weighted by molar-refractivity contribution is -0.122. The molecule has 2 nitrogen and oxygen atoms in total. The summed E-state index contributed by atoms with van der Waals surface area (Å²) in [5.41, 5.74) is 0. The molecular weight excluding hydrogens is 114 g/mol. The molecule has 0 fully saturated rings. The third kappa shape index (κ3) is 2.18. The van der Waals surface area contributed by atoms with Gasteiger partial charge in [-0.25, -0.2) is 0 Å². The van der Waals surface area contributed by atoms with E-state index in [9.17, 15) is 4.79 Å². The number of nitrogens with one attached hydrogen (secondary N) is 1. The fraction of sp³-hybridized carbons (Fsp3) is 0.571. The molecule has 0 aliphatic carbocycles. The van der Waals surface area contributed by atoms with Crippen molar-refractivity contribution in [3.05, 3.63) is 0 Å². The number of terminal acetylenes is 1. The molecule has 9 heavy (non-hydrogen) atoms. The number of hydrogen-bond donors (Lipinski definition) is 1. The highest BCUT2D eigenvalue weighted by Gasteiger charge is 2.09. The second kappa shape index (κ2) is 3.96. The maximum atomic E-state index is 10.7. The van der Waals surface area contributed by atoms with Gasteiger partial charge in [0.25, 0.3) is 0 Å². The van der Waals surface area contributed by atoms with Crippen LogP contribution in [0.3, 0.4) is 0 Å². The monoisotopic (exact) mass is 125 g/mol. The fourth-order valence-corrected chi connectivity index (χ4v) is 0.553. The van der Waals surface area contributed by atoms with E-state index < -0.39 is 0 Å². The van der Waals surface area contributed by atoms with Crippen molar-refractivity contribution in [3.63, 3.8) is 0 Å². The standard InChI is InChI=1S/C7H11NO/c1-4-6(5-2)7(9)8-3/h1,6H,5H2,2-3H3,(H,8,9)/t6-/m1/s1. The van der Waals surface area contributed by atoms with Gasteiger partial charge in [-0.2, -0.15) is 0 Å². The van der Waals surface area contributed by atoms with Gasteiger partial charge in [0.15, 0.2) is 0 Å². The molecule has 0 aliphatic heterocycles. The molecule has 1 N–H and O–H groups in total. The molecule has 0 saturated heterocycles. The van der Waals surface area contributed by atoms with Crippen molar-refractivity contribution in [1.29, 1.82) is 0 Å². The Balaban J connectivity index is 3.84. The molecule has 0 rings (SSSR count). The van der Waals surface area contributed by atoms with Gasteiger partial charge in [-0.3, -0.25) is 4.79 Å². The third-order valence-electron chi connectivity index (χ3n) is 1.17. The first-order valence-electron chi connectivity index (χ1n) is 2.94. The lowest BCUT2D eigenvalue weighted by Crippen LogP contribution is -2.25. The van der Waals surface area contributed by atoms with Crippen LogP contribution in [0.4, 0.5) is 0 Å². The van der Waals surface area contributed by atoms with Gasteiger partial charge in [0.05, 0.1) is 5.92 Å². The Morgan fingerprint density at radius 3 is 2.56 bits per heavy atom. The van der Waals surface area contributed by atoms with Gasteiger partial charge >= 0.3 is 0 Å². The molecular formula is C7H11NO. The zero-order valence-electron chi connectivity index (χ0n) is 5.77. The summed E-state index contributed by atoms with van der Waals surface area (Å²) in [7, 11) is 1.59. The van der Waals surface area contributed by atoms with Crippen LogP contribution in [-0.2, 0) is 4.79 Å². The zero-order valence-corrected chi connectivity index (χ0v) is 5.77. The smallest absolute Gasteiger partial charge is 0.234 e. The van der Waals surface area contributed by atoms with Crippen molar-refractivity contribution < 1.29 is 4.79 Å². The summed E-state index contributed by atoms with van der Waals surface area (Å²) in [5.74, 6) is 2.07. The van der Waals surface area contributed by atoms with Gasteiger partial charge in [-0.15, -0.1) is 6.42 Å². The summed E-state index contributed by atoms with van der Waals surface area (Å²) < 4.78 is 0. The van der Waals surface area contributed by atoms with E-state index in [1.807, 2.05) is 6.92 Å². The predicted molar refractivity (Wildman–Crippen MR) is 36.7 cm³/mol. The van der Waals surface area contributed by atoms with E-state index in [2.05, 4.69) is 11.2 Å². The van der Waals surface area contributed by atoms with Crippen LogP contribution in [0, 0.1) is 18.3 Å². The molecule has 0 aromatic rings. The van der Waals surface area contributed by atoms with E-state index in [0.29, 0.717) is 6.42 Å². The molecule has 2 heteroatoms. The Kier molecular flexibility index (Phi) is 3.54. The van der Waals surface area contributed by atoms with Crippen molar-refractivity contribution in [2.24, 2.45) is 5.92 Å². The van der Waals surface area contributed by atoms with Crippen molar-refractivity contribution in [3.8, 4) is 12.3 Å². The van der Waals surface area contributed by atoms with Crippen molar-refractivity contribution in [1.82, 2.24) is 5.32 Å². The Labute approximate surface area is 55.6 Å². The summed E-state index contributed by atoms with van der Waals surface area (Å²) in [6.07, 6.45) is 5.75. The van der Waals surface area contributed by atoms with Crippen LogP contribution in [0.25, 0.3) is 0 Å². The molecule has 0 aliphatic rings. The molecule has 0 spiro atoms. The fourth-order valence-electron chi connectivity index (χ4n) is 0.553. The van der Waals surface area contributed by atoms with Gasteiger partial charge in [-0.05, 0) is 6.42 Å². The molecule has 0 bridgehead atoms. The molecule has 0 saturated carbocycles. The van der Waals surface area contributed by atoms with Crippen molar-refractivity contribution in [2.75, 3.05) is 7.05 Å². The van der Waals surface area contributed by atoms with Crippen LogP contribution in [0.15, 0.2) is 0 Å². The lowest BCUT2D eigenvalue weighted by Gasteiger charge is -2.03. The molecule has 0 aromatic heterocycles. The molecule has 0 unspecified atom stereocenters.